The second-order valence-electron chi connectivity index (χ2n) is 6.86. The summed E-state index contributed by atoms with van der Waals surface area (Å²) < 4.78 is 11.8. The van der Waals surface area contributed by atoms with Crippen molar-refractivity contribution in [2.24, 2.45) is 5.92 Å². The number of carboxylic acid groups (broad SMARTS) is 1. The van der Waals surface area contributed by atoms with Gasteiger partial charge in [-0.25, -0.2) is 0 Å². The summed E-state index contributed by atoms with van der Waals surface area (Å²) in [4.78, 5) is 13.8. The zero-order chi connectivity index (χ0) is 20.3. The Balaban J connectivity index is 2.09. The number of halogens is 2. The van der Waals surface area contributed by atoms with E-state index in [0.717, 1.165) is 28.6 Å². The van der Waals surface area contributed by atoms with Crippen LogP contribution in [0.5, 0.6) is 11.5 Å². The van der Waals surface area contributed by atoms with E-state index in [4.69, 9.17) is 21.1 Å². The lowest BCUT2D eigenvalue weighted by Crippen LogP contribution is -2.41. The molecule has 5 nitrogen and oxygen atoms in total. The van der Waals surface area contributed by atoms with Crippen LogP contribution in [0.15, 0.2) is 40.9 Å². The topological polar surface area (TPSA) is 59.0 Å². The summed E-state index contributed by atoms with van der Waals surface area (Å²) in [7, 11) is 3.21. The molecular weight excluding hydrogens is 446 g/mol. The number of likely N-dealkylation sites (tertiary alicyclic amines) is 1. The van der Waals surface area contributed by atoms with Crippen LogP contribution in [0.2, 0.25) is 5.02 Å². The van der Waals surface area contributed by atoms with Gasteiger partial charge >= 0.3 is 5.97 Å². The Morgan fingerprint density at radius 3 is 2.46 bits per heavy atom. The molecule has 0 bridgehead atoms. The lowest BCUT2D eigenvalue weighted by molar-refractivity contribution is -0.143. The molecule has 1 heterocycles. The molecule has 28 heavy (non-hydrogen) atoms. The molecule has 0 amide bonds. The van der Waals surface area contributed by atoms with Crippen molar-refractivity contribution in [3.63, 3.8) is 0 Å². The number of benzene rings is 2. The van der Waals surface area contributed by atoms with Gasteiger partial charge in [-0.2, -0.15) is 0 Å². The molecule has 1 N–H and O–H groups in total. The van der Waals surface area contributed by atoms with Crippen molar-refractivity contribution in [3.05, 3.63) is 57.0 Å². The number of piperidine rings is 1. The van der Waals surface area contributed by atoms with E-state index in [1.165, 1.54) is 0 Å². The van der Waals surface area contributed by atoms with Gasteiger partial charge in [0.1, 0.15) is 0 Å². The second kappa shape index (κ2) is 9.16. The first kappa shape index (κ1) is 21.0. The van der Waals surface area contributed by atoms with Crippen LogP contribution in [0.25, 0.3) is 0 Å². The van der Waals surface area contributed by atoms with E-state index in [1.54, 1.807) is 14.2 Å². The molecule has 2 unspecified atom stereocenters. The molecule has 0 aliphatic carbocycles. The number of nitrogens with zero attached hydrogens (tertiary/aromatic N) is 1. The molecular formula is C21H23BrClNO4. The molecule has 0 saturated carbocycles. The number of carboxylic acids is 1. The van der Waals surface area contributed by atoms with Crippen molar-refractivity contribution in [1.29, 1.82) is 0 Å². The number of carbonyl (C=O) groups is 1. The Morgan fingerprint density at radius 1 is 1.21 bits per heavy atom. The van der Waals surface area contributed by atoms with Gasteiger partial charge < -0.3 is 14.6 Å². The fourth-order valence-corrected chi connectivity index (χ4v) is 4.42. The zero-order valence-corrected chi connectivity index (χ0v) is 18.2. The second-order valence-corrected chi connectivity index (χ2v) is 8.15. The van der Waals surface area contributed by atoms with Crippen LogP contribution in [-0.4, -0.2) is 43.3 Å². The van der Waals surface area contributed by atoms with Gasteiger partial charge in [0.05, 0.1) is 26.2 Å². The first-order valence-electron chi connectivity index (χ1n) is 9.08. The number of hydrogen-bond acceptors (Lipinski definition) is 4. The highest BCUT2D eigenvalue weighted by molar-refractivity contribution is 9.10. The molecule has 150 valence electrons. The molecule has 2 aromatic carbocycles. The number of ether oxygens (including phenoxy) is 2. The Labute approximate surface area is 178 Å². The maximum atomic E-state index is 11.6. The average molecular weight is 469 g/mol. The fourth-order valence-electron chi connectivity index (χ4n) is 3.75. The molecule has 0 spiro atoms. The monoisotopic (exact) mass is 467 g/mol. The molecule has 1 aliphatic rings. The third-order valence-corrected chi connectivity index (χ3v) is 6.09. The van der Waals surface area contributed by atoms with Gasteiger partial charge in [-0.3, -0.25) is 9.69 Å². The van der Waals surface area contributed by atoms with Gasteiger partial charge in [-0.1, -0.05) is 39.7 Å². The summed E-state index contributed by atoms with van der Waals surface area (Å²) in [6.07, 6.45) is 1.54. The van der Waals surface area contributed by atoms with Crippen LogP contribution in [0, 0.1) is 5.92 Å². The van der Waals surface area contributed by atoms with Crippen molar-refractivity contribution in [3.8, 4) is 11.5 Å². The summed E-state index contributed by atoms with van der Waals surface area (Å²) in [5, 5.41) is 10.2. The summed E-state index contributed by atoms with van der Waals surface area (Å²) in [5.74, 6) is 0.148. The number of aliphatic carboxylic acids is 1. The van der Waals surface area contributed by atoms with E-state index in [-0.39, 0.29) is 12.0 Å². The van der Waals surface area contributed by atoms with Crippen molar-refractivity contribution >= 4 is 33.5 Å². The van der Waals surface area contributed by atoms with E-state index >= 15 is 0 Å². The van der Waals surface area contributed by atoms with E-state index in [9.17, 15) is 9.90 Å². The highest BCUT2D eigenvalue weighted by Gasteiger charge is 2.32. The van der Waals surface area contributed by atoms with E-state index in [1.807, 2.05) is 36.4 Å². The Kier molecular flexibility index (Phi) is 6.86. The van der Waals surface area contributed by atoms with Crippen molar-refractivity contribution < 1.29 is 19.4 Å². The minimum Gasteiger partial charge on any atom is -0.493 e. The number of methoxy groups -OCH3 is 2. The predicted octanol–water partition coefficient (Wildman–Crippen LogP) is 5.01. The van der Waals surface area contributed by atoms with Crippen molar-refractivity contribution in [2.45, 2.75) is 18.9 Å². The average Bonchev–Trinajstić information content (AvgIpc) is 2.70. The summed E-state index contributed by atoms with van der Waals surface area (Å²) in [5.41, 5.74) is 2.04. The van der Waals surface area contributed by atoms with Gasteiger partial charge in [-0.05, 0) is 54.8 Å². The van der Waals surface area contributed by atoms with Crippen LogP contribution < -0.4 is 9.47 Å². The number of hydrogen-bond donors (Lipinski definition) is 1. The largest absolute Gasteiger partial charge is 0.493 e. The van der Waals surface area contributed by atoms with E-state index < -0.39 is 5.97 Å². The maximum Gasteiger partial charge on any atom is 0.307 e. The lowest BCUT2D eigenvalue weighted by Gasteiger charge is -2.38. The van der Waals surface area contributed by atoms with Gasteiger partial charge in [0, 0.05) is 16.0 Å². The highest BCUT2D eigenvalue weighted by atomic mass is 79.9. The Bertz CT molecular complexity index is 843. The van der Waals surface area contributed by atoms with Crippen LogP contribution in [-0.2, 0) is 4.79 Å². The van der Waals surface area contributed by atoms with E-state index in [2.05, 4.69) is 20.8 Å². The highest BCUT2D eigenvalue weighted by Crippen LogP contribution is 2.41. The summed E-state index contributed by atoms with van der Waals surface area (Å²) >= 11 is 9.76. The predicted molar refractivity (Wildman–Crippen MR) is 112 cm³/mol. The summed E-state index contributed by atoms with van der Waals surface area (Å²) in [6.45, 7) is 1.31. The number of rotatable bonds is 6. The molecule has 2 aromatic rings. The molecule has 1 saturated heterocycles. The van der Waals surface area contributed by atoms with Gasteiger partial charge in [0.2, 0.25) is 0 Å². The molecule has 1 fully saturated rings. The third-order valence-electron chi connectivity index (χ3n) is 5.15. The van der Waals surface area contributed by atoms with Crippen LogP contribution in [0.4, 0.5) is 0 Å². The first-order chi connectivity index (χ1) is 13.4. The van der Waals surface area contributed by atoms with Gasteiger partial charge in [0.15, 0.2) is 11.5 Å². The molecule has 7 heteroatoms. The smallest absolute Gasteiger partial charge is 0.307 e. The SMILES string of the molecule is COc1cc(Br)c(C(c2ccc(Cl)cc2)N2CCCC(C(=O)O)C2)cc1OC. The Morgan fingerprint density at radius 2 is 1.86 bits per heavy atom. The first-order valence-corrected chi connectivity index (χ1v) is 10.3. The zero-order valence-electron chi connectivity index (χ0n) is 15.8. The van der Waals surface area contributed by atoms with Crippen LogP contribution >= 0.6 is 27.5 Å². The van der Waals surface area contributed by atoms with E-state index in [0.29, 0.717) is 29.5 Å². The van der Waals surface area contributed by atoms with Crippen molar-refractivity contribution in [1.82, 2.24) is 4.90 Å². The summed E-state index contributed by atoms with van der Waals surface area (Å²) in [6, 6.07) is 11.4. The standard InChI is InChI=1S/C21H23BrClNO4/c1-27-18-10-16(17(22)11-19(18)28-2)20(13-5-7-15(23)8-6-13)24-9-3-4-14(12-24)21(25)26/h5-8,10-11,14,20H,3-4,9,12H2,1-2H3,(H,25,26). The van der Waals surface area contributed by atoms with Gasteiger partial charge in [-0.15, -0.1) is 0 Å². The lowest BCUT2D eigenvalue weighted by atomic mass is 9.91. The van der Waals surface area contributed by atoms with Crippen molar-refractivity contribution in [2.75, 3.05) is 27.3 Å². The molecule has 3 rings (SSSR count). The normalized spacial score (nSPS) is 18.5. The van der Waals surface area contributed by atoms with Crippen LogP contribution in [0.3, 0.4) is 0 Å². The minimum atomic E-state index is -0.745. The molecule has 1 aliphatic heterocycles. The maximum absolute atomic E-state index is 11.6. The molecule has 2 atom stereocenters. The minimum absolute atomic E-state index is 0.131. The quantitative estimate of drug-likeness (QED) is 0.646. The Hall–Kier alpha value is -1.76. The van der Waals surface area contributed by atoms with Crippen LogP contribution in [0.1, 0.15) is 30.0 Å². The third kappa shape index (κ3) is 4.45. The fraction of sp³-hybridized carbons (Fsp3) is 0.381. The van der Waals surface area contributed by atoms with Gasteiger partial charge in [0.25, 0.3) is 0 Å². The molecule has 0 radical (unpaired) electrons. The molecule has 0 aromatic heterocycles.